The number of methoxy groups -OCH3 is 1. The Balaban J connectivity index is 2.31. The van der Waals surface area contributed by atoms with E-state index in [1.165, 1.54) is 6.07 Å². The number of rotatable bonds is 2. The van der Waals surface area contributed by atoms with Crippen LogP contribution in [0.2, 0.25) is 5.15 Å². The highest BCUT2D eigenvalue weighted by molar-refractivity contribution is 6.34. The average molecular weight is 303 g/mol. The molecule has 1 heterocycles. The van der Waals surface area contributed by atoms with E-state index in [9.17, 15) is 4.39 Å². The van der Waals surface area contributed by atoms with E-state index in [-0.39, 0.29) is 10.7 Å². The van der Waals surface area contributed by atoms with Crippen LogP contribution in [0, 0.1) is 12.7 Å². The van der Waals surface area contributed by atoms with E-state index >= 15 is 0 Å². The second-order valence-corrected chi connectivity index (χ2v) is 5.04. The Morgan fingerprint density at radius 3 is 2.71 bits per heavy atom. The number of nitrogens with zero attached hydrogens (tertiary/aromatic N) is 2. The summed E-state index contributed by atoms with van der Waals surface area (Å²) in [6.07, 6.45) is 0. The lowest BCUT2D eigenvalue weighted by Crippen LogP contribution is -1.97. The topological polar surface area (TPSA) is 35.0 Å². The van der Waals surface area contributed by atoms with Crippen molar-refractivity contribution < 1.29 is 9.13 Å². The molecule has 0 aliphatic carbocycles. The Labute approximate surface area is 126 Å². The van der Waals surface area contributed by atoms with E-state index in [0.717, 1.165) is 5.56 Å². The van der Waals surface area contributed by atoms with E-state index in [0.29, 0.717) is 22.5 Å². The van der Waals surface area contributed by atoms with Gasteiger partial charge in [0.2, 0.25) is 0 Å². The van der Waals surface area contributed by atoms with Crippen molar-refractivity contribution in [2.24, 2.45) is 0 Å². The van der Waals surface area contributed by atoms with Gasteiger partial charge in [0.25, 0.3) is 0 Å². The molecular formula is C16H12ClFN2O. The second-order valence-electron chi connectivity index (χ2n) is 4.68. The van der Waals surface area contributed by atoms with Crippen LogP contribution in [0.3, 0.4) is 0 Å². The van der Waals surface area contributed by atoms with Crippen LogP contribution >= 0.6 is 11.6 Å². The van der Waals surface area contributed by atoms with Gasteiger partial charge < -0.3 is 4.74 Å². The maximum absolute atomic E-state index is 13.9. The molecule has 0 N–H and O–H groups in total. The summed E-state index contributed by atoms with van der Waals surface area (Å²) < 4.78 is 19.3. The van der Waals surface area contributed by atoms with Crippen LogP contribution in [-0.4, -0.2) is 17.1 Å². The molecule has 0 radical (unpaired) electrons. The number of ether oxygens (including phenoxy) is 1. The Hall–Kier alpha value is -2.20. The van der Waals surface area contributed by atoms with Crippen molar-refractivity contribution in [1.29, 1.82) is 0 Å². The summed E-state index contributed by atoms with van der Waals surface area (Å²) >= 11 is 6.16. The van der Waals surface area contributed by atoms with Gasteiger partial charge in [-0.1, -0.05) is 29.3 Å². The van der Waals surface area contributed by atoms with Crippen LogP contribution in [0.15, 0.2) is 36.4 Å². The van der Waals surface area contributed by atoms with Crippen molar-refractivity contribution in [3.63, 3.8) is 0 Å². The molecule has 0 saturated heterocycles. The first-order chi connectivity index (χ1) is 10.1. The van der Waals surface area contributed by atoms with Crippen LogP contribution in [0.25, 0.3) is 22.3 Å². The first-order valence-corrected chi connectivity index (χ1v) is 6.74. The van der Waals surface area contributed by atoms with Gasteiger partial charge in [-0.15, -0.1) is 0 Å². The minimum absolute atomic E-state index is 0.205. The predicted octanol–water partition coefficient (Wildman–Crippen LogP) is 4.41. The number of aromatic nitrogens is 2. The molecule has 0 aliphatic heterocycles. The predicted molar refractivity (Wildman–Crippen MR) is 81.2 cm³/mol. The molecular weight excluding hydrogens is 291 g/mol. The molecule has 21 heavy (non-hydrogen) atoms. The van der Waals surface area contributed by atoms with Crippen molar-refractivity contribution in [3.8, 4) is 17.1 Å². The fourth-order valence-corrected chi connectivity index (χ4v) is 2.43. The van der Waals surface area contributed by atoms with Crippen molar-refractivity contribution in [2.45, 2.75) is 6.92 Å². The van der Waals surface area contributed by atoms with Crippen molar-refractivity contribution in [2.75, 3.05) is 7.11 Å². The van der Waals surface area contributed by atoms with E-state index in [1.807, 2.05) is 25.1 Å². The molecule has 0 bridgehead atoms. The zero-order valence-corrected chi connectivity index (χ0v) is 12.3. The molecule has 3 nitrogen and oxygen atoms in total. The van der Waals surface area contributed by atoms with Crippen molar-refractivity contribution >= 4 is 22.5 Å². The number of fused-ring (bicyclic) bond motifs is 1. The largest absolute Gasteiger partial charge is 0.496 e. The van der Waals surface area contributed by atoms with Crippen LogP contribution in [0.5, 0.6) is 5.75 Å². The van der Waals surface area contributed by atoms with Gasteiger partial charge in [-0.2, -0.15) is 0 Å². The molecule has 0 amide bonds. The first kappa shape index (κ1) is 13.8. The molecule has 3 rings (SSSR count). The quantitative estimate of drug-likeness (QED) is 0.658. The number of aryl methyl sites for hydroxylation is 1. The number of hydrogen-bond acceptors (Lipinski definition) is 3. The van der Waals surface area contributed by atoms with Crippen molar-refractivity contribution in [3.05, 3.63) is 52.9 Å². The van der Waals surface area contributed by atoms with E-state index in [4.69, 9.17) is 16.3 Å². The maximum Gasteiger partial charge on any atom is 0.165 e. The standard InChI is InChI=1S/C16H12ClFN2O/c1-9-6-7-13(21-2)11(8-9)16-19-14-10(15(17)20-16)4-3-5-12(14)18/h3-8H,1-2H3. The number of halogens is 2. The fourth-order valence-electron chi connectivity index (χ4n) is 2.20. The molecule has 3 aromatic rings. The summed E-state index contributed by atoms with van der Waals surface area (Å²) in [7, 11) is 1.57. The fraction of sp³-hybridized carbons (Fsp3) is 0.125. The zero-order valence-electron chi connectivity index (χ0n) is 11.5. The summed E-state index contributed by atoms with van der Waals surface area (Å²) in [5.74, 6) is 0.537. The van der Waals surface area contributed by atoms with Gasteiger partial charge >= 0.3 is 0 Å². The molecule has 0 atom stereocenters. The smallest absolute Gasteiger partial charge is 0.165 e. The monoisotopic (exact) mass is 302 g/mol. The minimum atomic E-state index is -0.426. The third-order valence-corrected chi connectivity index (χ3v) is 3.51. The molecule has 0 fully saturated rings. The lowest BCUT2D eigenvalue weighted by atomic mass is 10.1. The van der Waals surface area contributed by atoms with Gasteiger partial charge in [0.15, 0.2) is 5.82 Å². The van der Waals surface area contributed by atoms with Gasteiger partial charge in [-0.05, 0) is 31.2 Å². The Bertz CT molecular complexity index is 836. The zero-order chi connectivity index (χ0) is 15.0. The second kappa shape index (κ2) is 5.30. The molecule has 2 aromatic carbocycles. The van der Waals surface area contributed by atoms with Gasteiger partial charge in [0.05, 0.1) is 12.7 Å². The number of hydrogen-bond donors (Lipinski definition) is 0. The summed E-state index contributed by atoms with van der Waals surface area (Å²) in [6, 6.07) is 10.3. The summed E-state index contributed by atoms with van der Waals surface area (Å²) in [4.78, 5) is 8.58. The third kappa shape index (κ3) is 2.43. The molecule has 0 spiro atoms. The number of benzene rings is 2. The Morgan fingerprint density at radius 1 is 1.14 bits per heavy atom. The maximum atomic E-state index is 13.9. The van der Waals surface area contributed by atoms with Gasteiger partial charge in [0.1, 0.15) is 22.2 Å². The third-order valence-electron chi connectivity index (χ3n) is 3.23. The van der Waals surface area contributed by atoms with Crippen molar-refractivity contribution in [1.82, 2.24) is 9.97 Å². The molecule has 5 heteroatoms. The lowest BCUT2D eigenvalue weighted by molar-refractivity contribution is 0.416. The van der Waals surface area contributed by atoms with Gasteiger partial charge in [-0.25, -0.2) is 14.4 Å². The van der Waals surface area contributed by atoms with Crippen LogP contribution < -0.4 is 4.74 Å². The number of para-hydroxylation sites is 1. The average Bonchev–Trinajstić information content (AvgIpc) is 2.48. The van der Waals surface area contributed by atoms with Crippen LogP contribution in [0.1, 0.15) is 5.56 Å². The highest BCUT2D eigenvalue weighted by Crippen LogP contribution is 2.32. The van der Waals surface area contributed by atoms with E-state index in [1.54, 1.807) is 19.2 Å². The Morgan fingerprint density at radius 2 is 1.95 bits per heavy atom. The summed E-state index contributed by atoms with van der Waals surface area (Å²) in [5.41, 5.74) is 1.92. The van der Waals surface area contributed by atoms with Gasteiger partial charge in [-0.3, -0.25) is 0 Å². The normalized spacial score (nSPS) is 10.9. The van der Waals surface area contributed by atoms with E-state index < -0.39 is 5.82 Å². The molecule has 1 aromatic heterocycles. The SMILES string of the molecule is COc1ccc(C)cc1-c1nc(Cl)c2cccc(F)c2n1. The molecule has 0 unspecified atom stereocenters. The minimum Gasteiger partial charge on any atom is -0.496 e. The van der Waals surface area contributed by atoms with Crippen LogP contribution in [0.4, 0.5) is 4.39 Å². The van der Waals surface area contributed by atoms with E-state index in [2.05, 4.69) is 9.97 Å². The Kier molecular flexibility index (Phi) is 3.47. The lowest BCUT2D eigenvalue weighted by Gasteiger charge is -2.10. The molecule has 0 saturated carbocycles. The van der Waals surface area contributed by atoms with Crippen LogP contribution in [-0.2, 0) is 0 Å². The summed E-state index contributed by atoms with van der Waals surface area (Å²) in [6.45, 7) is 1.95. The van der Waals surface area contributed by atoms with Gasteiger partial charge in [0, 0.05) is 5.39 Å². The highest BCUT2D eigenvalue weighted by Gasteiger charge is 2.14. The molecule has 0 aliphatic rings. The molecule has 106 valence electrons. The first-order valence-electron chi connectivity index (χ1n) is 6.37. The highest BCUT2D eigenvalue weighted by atomic mass is 35.5. The summed E-state index contributed by atoms with van der Waals surface area (Å²) in [5, 5.41) is 0.713.